The zero-order valence-electron chi connectivity index (χ0n) is 9.03. The maximum atomic E-state index is 11.0. The highest BCUT2D eigenvalue weighted by atomic mass is 16.3. The van der Waals surface area contributed by atoms with Gasteiger partial charge in [-0.2, -0.15) is 0 Å². The Hall–Kier alpha value is -2.10. The molecule has 0 atom stereocenters. The van der Waals surface area contributed by atoms with Gasteiger partial charge in [0.15, 0.2) is 12.0 Å². The number of furan rings is 1. The van der Waals surface area contributed by atoms with E-state index in [9.17, 15) is 9.59 Å². The summed E-state index contributed by atoms with van der Waals surface area (Å²) in [4.78, 5) is 21.8. The van der Waals surface area contributed by atoms with Crippen LogP contribution in [0.25, 0.3) is 11.0 Å². The van der Waals surface area contributed by atoms with E-state index >= 15 is 0 Å². The molecule has 0 aliphatic rings. The summed E-state index contributed by atoms with van der Waals surface area (Å²) in [6.07, 6.45) is 0.673. The largest absolute Gasteiger partial charge is 0.453 e. The third kappa shape index (κ3) is 1.58. The Labute approximate surface area is 92.2 Å². The first-order valence-corrected chi connectivity index (χ1v) is 4.88. The standard InChI is InChI=1S/C12H11NO3/c1-7-11(6-14)16-10-5-3-4-9(12(7)10)13-8(2)15/h3-6H,1-2H3,(H,13,15). The van der Waals surface area contributed by atoms with E-state index in [1.54, 1.807) is 25.1 Å². The Bertz CT molecular complexity index is 569. The Kier molecular flexibility index (Phi) is 2.48. The van der Waals surface area contributed by atoms with Gasteiger partial charge in [0.1, 0.15) is 5.58 Å². The molecule has 16 heavy (non-hydrogen) atoms. The lowest BCUT2D eigenvalue weighted by atomic mass is 10.1. The predicted molar refractivity (Wildman–Crippen MR) is 60.6 cm³/mol. The molecule has 0 aliphatic carbocycles. The van der Waals surface area contributed by atoms with Crippen molar-refractivity contribution in [2.45, 2.75) is 13.8 Å². The van der Waals surface area contributed by atoms with Gasteiger partial charge in [0.2, 0.25) is 5.91 Å². The van der Waals surface area contributed by atoms with Gasteiger partial charge in [0.05, 0.1) is 5.69 Å². The van der Waals surface area contributed by atoms with Crippen LogP contribution in [0.1, 0.15) is 23.0 Å². The lowest BCUT2D eigenvalue weighted by Gasteiger charge is -2.03. The Morgan fingerprint density at radius 2 is 2.19 bits per heavy atom. The van der Waals surface area contributed by atoms with E-state index in [1.807, 2.05) is 0 Å². The van der Waals surface area contributed by atoms with Crippen LogP contribution in [0, 0.1) is 6.92 Å². The topological polar surface area (TPSA) is 59.3 Å². The third-order valence-electron chi connectivity index (χ3n) is 2.41. The van der Waals surface area contributed by atoms with Crippen LogP contribution in [0.15, 0.2) is 22.6 Å². The van der Waals surface area contributed by atoms with Crippen LogP contribution in [0.4, 0.5) is 5.69 Å². The summed E-state index contributed by atoms with van der Waals surface area (Å²) in [7, 11) is 0. The molecule has 1 aromatic carbocycles. The highest BCUT2D eigenvalue weighted by molar-refractivity contribution is 6.03. The van der Waals surface area contributed by atoms with Gasteiger partial charge < -0.3 is 9.73 Å². The molecule has 0 fully saturated rings. The first kappa shape index (κ1) is 10.4. The zero-order chi connectivity index (χ0) is 11.7. The fraction of sp³-hybridized carbons (Fsp3) is 0.167. The van der Waals surface area contributed by atoms with Crippen LogP contribution in [0.2, 0.25) is 0 Å². The first-order chi connectivity index (χ1) is 7.63. The van der Waals surface area contributed by atoms with Gasteiger partial charge in [-0.25, -0.2) is 0 Å². The van der Waals surface area contributed by atoms with Crippen LogP contribution in [0.5, 0.6) is 0 Å². The number of hydrogen-bond acceptors (Lipinski definition) is 3. The summed E-state index contributed by atoms with van der Waals surface area (Å²) in [6, 6.07) is 5.31. The van der Waals surface area contributed by atoms with Crippen molar-refractivity contribution in [1.29, 1.82) is 0 Å². The van der Waals surface area contributed by atoms with E-state index in [2.05, 4.69) is 5.32 Å². The zero-order valence-corrected chi connectivity index (χ0v) is 9.03. The molecule has 0 saturated carbocycles. The SMILES string of the molecule is CC(=O)Nc1cccc2oc(C=O)c(C)c12. The Morgan fingerprint density at radius 3 is 2.81 bits per heavy atom. The molecule has 1 heterocycles. The van der Waals surface area contributed by atoms with Crippen LogP contribution in [-0.4, -0.2) is 12.2 Å². The van der Waals surface area contributed by atoms with Crippen molar-refractivity contribution in [2.24, 2.45) is 0 Å². The van der Waals surface area contributed by atoms with Gasteiger partial charge >= 0.3 is 0 Å². The number of aryl methyl sites for hydroxylation is 1. The number of aldehydes is 1. The molecule has 0 spiro atoms. The molecular formula is C12H11NO3. The van der Waals surface area contributed by atoms with E-state index in [0.29, 0.717) is 23.3 Å². The molecule has 82 valence electrons. The summed E-state index contributed by atoms with van der Waals surface area (Å²) >= 11 is 0. The molecule has 4 heteroatoms. The van der Waals surface area contributed by atoms with Crippen molar-refractivity contribution in [3.63, 3.8) is 0 Å². The monoisotopic (exact) mass is 217 g/mol. The smallest absolute Gasteiger partial charge is 0.221 e. The minimum atomic E-state index is -0.152. The third-order valence-corrected chi connectivity index (χ3v) is 2.41. The number of fused-ring (bicyclic) bond motifs is 1. The second-order valence-corrected chi connectivity index (χ2v) is 3.57. The van der Waals surface area contributed by atoms with Crippen LogP contribution >= 0.6 is 0 Å². The molecule has 0 aliphatic heterocycles. The van der Waals surface area contributed by atoms with Gasteiger partial charge in [0, 0.05) is 17.9 Å². The number of carbonyl (C=O) groups excluding carboxylic acids is 2. The van der Waals surface area contributed by atoms with Gasteiger partial charge in [0.25, 0.3) is 0 Å². The minimum Gasteiger partial charge on any atom is -0.453 e. The van der Waals surface area contributed by atoms with Gasteiger partial charge in [-0.3, -0.25) is 9.59 Å². The molecule has 2 rings (SSSR count). The van der Waals surface area contributed by atoms with E-state index in [0.717, 1.165) is 10.9 Å². The van der Waals surface area contributed by atoms with Crippen molar-refractivity contribution in [2.75, 3.05) is 5.32 Å². The first-order valence-electron chi connectivity index (χ1n) is 4.88. The molecule has 1 aromatic heterocycles. The van der Waals surface area contributed by atoms with Gasteiger partial charge in [-0.15, -0.1) is 0 Å². The van der Waals surface area contributed by atoms with Crippen molar-refractivity contribution in [3.8, 4) is 0 Å². The quantitative estimate of drug-likeness (QED) is 0.786. The maximum absolute atomic E-state index is 11.0. The molecule has 0 radical (unpaired) electrons. The fourth-order valence-electron chi connectivity index (χ4n) is 1.73. The number of amides is 1. The molecule has 1 N–H and O–H groups in total. The normalized spacial score (nSPS) is 10.4. The lowest BCUT2D eigenvalue weighted by molar-refractivity contribution is -0.114. The number of hydrogen-bond donors (Lipinski definition) is 1. The number of benzene rings is 1. The van der Waals surface area contributed by atoms with Crippen LogP contribution in [0.3, 0.4) is 0 Å². The Morgan fingerprint density at radius 1 is 1.44 bits per heavy atom. The average molecular weight is 217 g/mol. The van der Waals surface area contributed by atoms with E-state index in [1.165, 1.54) is 6.92 Å². The highest BCUT2D eigenvalue weighted by Crippen LogP contribution is 2.30. The van der Waals surface area contributed by atoms with Crippen molar-refractivity contribution in [1.82, 2.24) is 0 Å². The summed E-state index contributed by atoms with van der Waals surface area (Å²) in [5.41, 5.74) is 2.01. The number of nitrogens with one attached hydrogen (secondary N) is 1. The maximum Gasteiger partial charge on any atom is 0.221 e. The van der Waals surface area contributed by atoms with Gasteiger partial charge in [-0.1, -0.05) is 6.07 Å². The lowest BCUT2D eigenvalue weighted by Crippen LogP contribution is -2.05. The molecule has 0 unspecified atom stereocenters. The second kappa shape index (κ2) is 3.81. The average Bonchev–Trinajstić information content (AvgIpc) is 2.56. The number of rotatable bonds is 2. The van der Waals surface area contributed by atoms with E-state index in [-0.39, 0.29) is 5.91 Å². The van der Waals surface area contributed by atoms with E-state index in [4.69, 9.17) is 4.42 Å². The Balaban J connectivity index is 2.70. The van der Waals surface area contributed by atoms with Gasteiger partial charge in [-0.05, 0) is 19.1 Å². The van der Waals surface area contributed by atoms with Crippen LogP contribution < -0.4 is 5.32 Å². The van der Waals surface area contributed by atoms with Crippen molar-refractivity contribution < 1.29 is 14.0 Å². The predicted octanol–water partition coefficient (Wildman–Crippen LogP) is 2.51. The molecule has 2 aromatic rings. The number of carbonyl (C=O) groups is 2. The second-order valence-electron chi connectivity index (χ2n) is 3.57. The summed E-state index contributed by atoms with van der Waals surface area (Å²) < 4.78 is 5.35. The summed E-state index contributed by atoms with van der Waals surface area (Å²) in [5.74, 6) is 0.147. The molecule has 4 nitrogen and oxygen atoms in total. The number of anilines is 1. The molecule has 0 saturated heterocycles. The summed E-state index contributed by atoms with van der Waals surface area (Å²) in [5, 5.41) is 3.49. The summed E-state index contributed by atoms with van der Waals surface area (Å²) in [6.45, 7) is 3.23. The molecule has 0 bridgehead atoms. The minimum absolute atomic E-state index is 0.152. The van der Waals surface area contributed by atoms with E-state index < -0.39 is 0 Å². The molecular weight excluding hydrogens is 206 g/mol. The van der Waals surface area contributed by atoms with Crippen molar-refractivity contribution in [3.05, 3.63) is 29.5 Å². The van der Waals surface area contributed by atoms with Crippen molar-refractivity contribution >= 4 is 28.8 Å². The fourth-order valence-corrected chi connectivity index (χ4v) is 1.73. The highest BCUT2D eigenvalue weighted by Gasteiger charge is 2.13. The van der Waals surface area contributed by atoms with Crippen LogP contribution in [-0.2, 0) is 4.79 Å². The molecule has 1 amide bonds.